The van der Waals surface area contributed by atoms with Crippen molar-refractivity contribution < 1.29 is 18.9 Å². The van der Waals surface area contributed by atoms with Gasteiger partial charge in [0.15, 0.2) is 4.80 Å². The summed E-state index contributed by atoms with van der Waals surface area (Å²) < 4.78 is 13.1. The molecule has 1 aliphatic heterocycles. The van der Waals surface area contributed by atoms with E-state index in [1.54, 1.807) is 51.1 Å². The lowest BCUT2D eigenvalue weighted by Crippen LogP contribution is -2.39. The second-order valence-corrected chi connectivity index (χ2v) is 10.3. The number of aromatic nitrogens is 1. The van der Waals surface area contributed by atoms with Crippen molar-refractivity contribution in [3.05, 3.63) is 105 Å². The number of rotatable bonds is 6. The number of aryl methyl sites for hydroxylation is 1. The minimum atomic E-state index is -0.641. The van der Waals surface area contributed by atoms with Crippen molar-refractivity contribution in [3.63, 3.8) is 0 Å². The Kier molecular flexibility index (Phi) is 6.48. The van der Waals surface area contributed by atoms with Crippen LogP contribution in [0.5, 0.6) is 0 Å². The molecule has 0 radical (unpaired) electrons. The van der Waals surface area contributed by atoms with Crippen molar-refractivity contribution in [1.29, 1.82) is 0 Å². The topological polar surface area (TPSA) is 117 Å². The zero-order valence-electron chi connectivity index (χ0n) is 20.1. The number of carbonyl (C=O) groups excluding carboxylic acids is 1. The van der Waals surface area contributed by atoms with Crippen LogP contribution in [-0.2, 0) is 9.53 Å². The van der Waals surface area contributed by atoms with Gasteiger partial charge in [-0.05, 0) is 44.4 Å². The summed E-state index contributed by atoms with van der Waals surface area (Å²) in [5.41, 5.74) is 1.66. The summed E-state index contributed by atoms with van der Waals surface area (Å²) in [5.74, 6) is 0.357. The number of esters is 1. The number of thiophene rings is 1. The molecule has 1 aliphatic rings. The van der Waals surface area contributed by atoms with Gasteiger partial charge < -0.3 is 9.15 Å². The minimum Gasteiger partial charge on any atom is -0.463 e. The molecular weight excluding hydrogens is 514 g/mol. The molecular formula is C26H21N3O6S2. The first-order chi connectivity index (χ1) is 17.8. The Morgan fingerprint density at radius 3 is 2.78 bits per heavy atom. The van der Waals surface area contributed by atoms with Crippen molar-refractivity contribution in [2.24, 2.45) is 4.99 Å². The van der Waals surface area contributed by atoms with E-state index in [2.05, 4.69) is 4.99 Å². The smallest absolute Gasteiger partial charge is 0.338 e. The summed E-state index contributed by atoms with van der Waals surface area (Å²) in [7, 11) is 0. The molecule has 0 fully saturated rings. The Hall–Kier alpha value is -4.09. The van der Waals surface area contributed by atoms with E-state index in [0.29, 0.717) is 43.3 Å². The largest absolute Gasteiger partial charge is 0.463 e. The Labute approximate surface area is 218 Å². The predicted molar refractivity (Wildman–Crippen MR) is 140 cm³/mol. The third kappa shape index (κ3) is 4.47. The number of fused-ring (bicyclic) bond motifs is 1. The van der Waals surface area contributed by atoms with Crippen LogP contribution in [0.25, 0.3) is 17.4 Å². The SMILES string of the molecule is CCOC(=O)C1=C(C)N=c2s/c(=C\c3ccc(-c4ccc(C)c([N+](=O)[O-])c4)o3)c(=O)n2[C@@H]1c1cccs1. The molecule has 0 unspecified atom stereocenters. The molecule has 9 nitrogen and oxygen atoms in total. The molecule has 0 amide bonds. The van der Waals surface area contributed by atoms with Crippen LogP contribution < -0.4 is 14.9 Å². The monoisotopic (exact) mass is 535 g/mol. The number of nitrogens with zero attached hydrogens (tertiary/aromatic N) is 3. The number of nitro benzene ring substituents is 1. The molecule has 0 saturated carbocycles. The number of benzene rings is 1. The first-order valence-electron chi connectivity index (χ1n) is 11.4. The van der Waals surface area contributed by atoms with Crippen molar-refractivity contribution >= 4 is 40.4 Å². The number of hydrogen-bond donors (Lipinski definition) is 0. The molecule has 0 saturated heterocycles. The van der Waals surface area contributed by atoms with Gasteiger partial charge >= 0.3 is 5.97 Å². The summed E-state index contributed by atoms with van der Waals surface area (Å²) in [6, 6.07) is 11.4. The van der Waals surface area contributed by atoms with Crippen LogP contribution in [0.1, 0.15) is 36.1 Å². The first-order valence-corrected chi connectivity index (χ1v) is 13.1. The Morgan fingerprint density at radius 1 is 1.27 bits per heavy atom. The molecule has 3 aromatic heterocycles. The minimum absolute atomic E-state index is 0.00473. The van der Waals surface area contributed by atoms with Crippen LogP contribution in [0.4, 0.5) is 5.69 Å². The van der Waals surface area contributed by atoms with Crippen molar-refractivity contribution in [2.45, 2.75) is 26.8 Å². The fourth-order valence-corrected chi connectivity index (χ4v) is 6.03. The Balaban J connectivity index is 1.59. The lowest BCUT2D eigenvalue weighted by atomic mass is 10.0. The fraction of sp³-hybridized carbons (Fsp3) is 0.192. The van der Waals surface area contributed by atoms with Crippen molar-refractivity contribution in [3.8, 4) is 11.3 Å². The van der Waals surface area contributed by atoms with Gasteiger partial charge in [0.2, 0.25) is 0 Å². The number of ether oxygens (including phenoxy) is 1. The molecule has 0 spiro atoms. The average Bonchev–Trinajstić information content (AvgIpc) is 3.61. The molecule has 11 heteroatoms. The van der Waals surface area contributed by atoms with Crippen LogP contribution in [0.3, 0.4) is 0 Å². The molecule has 0 aliphatic carbocycles. The lowest BCUT2D eigenvalue weighted by molar-refractivity contribution is -0.385. The summed E-state index contributed by atoms with van der Waals surface area (Å²) >= 11 is 2.65. The van der Waals surface area contributed by atoms with E-state index in [1.165, 1.54) is 33.3 Å². The number of thiazole rings is 1. The van der Waals surface area contributed by atoms with Gasteiger partial charge in [-0.1, -0.05) is 29.5 Å². The van der Waals surface area contributed by atoms with E-state index in [4.69, 9.17) is 9.15 Å². The van der Waals surface area contributed by atoms with Crippen molar-refractivity contribution in [1.82, 2.24) is 4.57 Å². The second-order valence-electron chi connectivity index (χ2n) is 8.28. The zero-order valence-corrected chi connectivity index (χ0v) is 21.7. The van der Waals surface area contributed by atoms with E-state index in [1.807, 2.05) is 17.5 Å². The quantitative estimate of drug-likeness (QED) is 0.206. The normalized spacial score (nSPS) is 15.4. The third-order valence-corrected chi connectivity index (χ3v) is 7.83. The highest BCUT2D eigenvalue weighted by Gasteiger charge is 2.33. The second kappa shape index (κ2) is 9.75. The van der Waals surface area contributed by atoms with E-state index in [9.17, 15) is 19.7 Å². The van der Waals surface area contributed by atoms with Gasteiger partial charge in [-0.3, -0.25) is 19.5 Å². The van der Waals surface area contributed by atoms with Gasteiger partial charge in [0.1, 0.15) is 17.6 Å². The zero-order chi connectivity index (χ0) is 26.3. The van der Waals surface area contributed by atoms with E-state index >= 15 is 0 Å². The van der Waals surface area contributed by atoms with Crippen molar-refractivity contribution in [2.75, 3.05) is 6.61 Å². The van der Waals surface area contributed by atoms with E-state index in [-0.39, 0.29) is 17.9 Å². The molecule has 1 aromatic carbocycles. The Bertz CT molecular complexity index is 1740. The lowest BCUT2D eigenvalue weighted by Gasteiger charge is -2.23. The summed E-state index contributed by atoms with van der Waals surface area (Å²) in [6.45, 7) is 5.36. The molecule has 1 atom stereocenters. The molecule has 0 N–H and O–H groups in total. The molecule has 5 rings (SSSR count). The standard InChI is InChI=1S/C26H21N3O6S2/c1-4-34-25(31)22-15(3)27-26-28(23(22)20-6-5-11-36-20)24(30)21(37-26)13-17-9-10-19(35-17)16-8-7-14(2)18(12-16)29(32)33/h5-13,23H,4H2,1-3H3/b21-13-/t23-/m1/s1. The summed E-state index contributed by atoms with van der Waals surface area (Å²) in [4.78, 5) is 43.2. The summed E-state index contributed by atoms with van der Waals surface area (Å²) in [6.07, 6.45) is 1.62. The van der Waals surface area contributed by atoms with Crippen LogP contribution in [0.2, 0.25) is 0 Å². The number of nitro groups is 1. The molecule has 37 heavy (non-hydrogen) atoms. The number of hydrogen-bond acceptors (Lipinski definition) is 9. The maximum atomic E-state index is 13.6. The van der Waals surface area contributed by atoms with Gasteiger partial charge in [-0.2, -0.15) is 0 Å². The van der Waals surface area contributed by atoms with E-state index in [0.717, 1.165) is 4.88 Å². The average molecular weight is 536 g/mol. The van der Waals surface area contributed by atoms with Gasteiger partial charge in [0.05, 0.1) is 27.3 Å². The van der Waals surface area contributed by atoms with Gasteiger partial charge in [0, 0.05) is 28.1 Å². The number of furan rings is 1. The maximum Gasteiger partial charge on any atom is 0.338 e. The highest BCUT2D eigenvalue weighted by molar-refractivity contribution is 7.10. The van der Waals surface area contributed by atoms with E-state index < -0.39 is 16.9 Å². The van der Waals surface area contributed by atoms with Gasteiger partial charge in [-0.25, -0.2) is 9.79 Å². The Morgan fingerprint density at radius 2 is 2.08 bits per heavy atom. The highest BCUT2D eigenvalue weighted by Crippen LogP contribution is 2.33. The number of allylic oxidation sites excluding steroid dienone is 1. The van der Waals surface area contributed by atoms with Gasteiger partial charge in [0.25, 0.3) is 11.2 Å². The summed E-state index contributed by atoms with van der Waals surface area (Å²) in [5, 5.41) is 13.2. The predicted octanol–water partition coefficient (Wildman–Crippen LogP) is 4.34. The van der Waals surface area contributed by atoms with Crippen LogP contribution in [0, 0.1) is 17.0 Å². The third-order valence-electron chi connectivity index (χ3n) is 5.92. The maximum absolute atomic E-state index is 13.6. The van der Waals surface area contributed by atoms with Crippen LogP contribution >= 0.6 is 22.7 Å². The van der Waals surface area contributed by atoms with Crippen LogP contribution in [0.15, 0.2) is 73.3 Å². The first kappa shape index (κ1) is 24.6. The highest BCUT2D eigenvalue weighted by atomic mass is 32.1. The molecule has 4 aromatic rings. The molecule has 4 heterocycles. The molecule has 0 bridgehead atoms. The number of carbonyl (C=O) groups is 1. The van der Waals surface area contributed by atoms with Crippen LogP contribution in [-0.4, -0.2) is 22.1 Å². The van der Waals surface area contributed by atoms with Gasteiger partial charge in [-0.15, -0.1) is 11.3 Å². The molecule has 188 valence electrons. The fourth-order valence-electron chi connectivity index (χ4n) is 4.18.